The van der Waals surface area contributed by atoms with Crippen molar-refractivity contribution in [3.8, 4) is 0 Å². The third-order valence-electron chi connectivity index (χ3n) is 3.55. The van der Waals surface area contributed by atoms with Crippen molar-refractivity contribution in [2.45, 2.75) is 57.0 Å². The molecular formula is C12H24OSi. The van der Waals surface area contributed by atoms with Crippen molar-refractivity contribution < 1.29 is 5.11 Å². The van der Waals surface area contributed by atoms with Gasteiger partial charge in [0.15, 0.2) is 0 Å². The van der Waals surface area contributed by atoms with Crippen LogP contribution in [0.1, 0.15) is 25.7 Å². The van der Waals surface area contributed by atoms with Gasteiger partial charge < -0.3 is 5.11 Å². The summed E-state index contributed by atoms with van der Waals surface area (Å²) in [6.45, 7) is 11.2. The normalized spacial score (nSPS) is 30.3. The lowest BCUT2D eigenvalue weighted by Crippen LogP contribution is -2.32. The molecule has 2 heteroatoms. The van der Waals surface area contributed by atoms with Crippen LogP contribution in [0.3, 0.4) is 0 Å². The molecule has 1 rings (SSSR count). The molecule has 0 aromatic rings. The number of aliphatic hydroxyl groups is 1. The Labute approximate surface area is 89.2 Å². The summed E-state index contributed by atoms with van der Waals surface area (Å²) in [5, 5.41) is 9.57. The maximum absolute atomic E-state index is 9.57. The number of rotatable bonds is 4. The van der Waals surface area contributed by atoms with Crippen LogP contribution in [-0.4, -0.2) is 19.3 Å². The summed E-state index contributed by atoms with van der Waals surface area (Å²) in [5.74, 6) is 0.759. The Hall–Kier alpha value is -0.0831. The number of allylic oxidation sites excluding steroid dienone is 1. The minimum atomic E-state index is -1.08. The first-order valence-electron chi connectivity index (χ1n) is 5.74. The molecule has 1 aliphatic carbocycles. The van der Waals surface area contributed by atoms with Crippen LogP contribution in [-0.2, 0) is 0 Å². The van der Waals surface area contributed by atoms with Crippen molar-refractivity contribution in [3.63, 3.8) is 0 Å². The summed E-state index contributed by atoms with van der Waals surface area (Å²) in [5.41, 5.74) is 0.817. The lowest BCUT2D eigenvalue weighted by molar-refractivity contribution is 0.177. The second-order valence-electron chi connectivity index (χ2n) is 5.72. The smallest absolute Gasteiger partial charge is 0.0543 e. The molecule has 14 heavy (non-hydrogen) atoms. The zero-order chi connectivity index (χ0) is 10.8. The molecule has 1 saturated carbocycles. The van der Waals surface area contributed by atoms with Crippen molar-refractivity contribution in [2.24, 2.45) is 5.92 Å². The Balaban J connectivity index is 2.63. The van der Waals surface area contributed by atoms with Crippen LogP contribution in [0.2, 0.25) is 25.2 Å². The van der Waals surface area contributed by atoms with Crippen molar-refractivity contribution in [1.29, 1.82) is 0 Å². The molecule has 3 atom stereocenters. The second kappa shape index (κ2) is 4.62. The van der Waals surface area contributed by atoms with Gasteiger partial charge in [0.05, 0.1) is 6.10 Å². The van der Waals surface area contributed by atoms with Crippen LogP contribution >= 0.6 is 0 Å². The highest BCUT2D eigenvalue weighted by molar-refractivity contribution is 6.77. The molecule has 82 valence electrons. The molecular weight excluding hydrogens is 188 g/mol. The Bertz CT molecular complexity index is 195. The SMILES string of the molecule is C=CCC([C@@H]1CC[C@H](O)C1)[Si](C)(C)C. The van der Waals surface area contributed by atoms with Gasteiger partial charge in [0.2, 0.25) is 0 Å². The van der Waals surface area contributed by atoms with E-state index in [4.69, 9.17) is 0 Å². The largest absolute Gasteiger partial charge is 0.393 e. The fourth-order valence-corrected chi connectivity index (χ4v) is 5.38. The third-order valence-corrected chi connectivity index (χ3v) is 6.48. The molecule has 0 radical (unpaired) electrons. The van der Waals surface area contributed by atoms with Crippen LogP contribution in [0.25, 0.3) is 0 Å². The van der Waals surface area contributed by atoms with Crippen LogP contribution in [0.4, 0.5) is 0 Å². The summed E-state index contributed by atoms with van der Waals surface area (Å²) in [4.78, 5) is 0. The van der Waals surface area contributed by atoms with Crippen LogP contribution < -0.4 is 0 Å². The summed E-state index contributed by atoms with van der Waals surface area (Å²) in [7, 11) is -1.08. The topological polar surface area (TPSA) is 20.2 Å². The van der Waals surface area contributed by atoms with E-state index in [0.29, 0.717) is 0 Å². The van der Waals surface area contributed by atoms with E-state index < -0.39 is 8.07 Å². The molecule has 1 fully saturated rings. The summed E-state index contributed by atoms with van der Waals surface area (Å²) >= 11 is 0. The van der Waals surface area contributed by atoms with Gasteiger partial charge in [-0.1, -0.05) is 25.7 Å². The molecule has 1 unspecified atom stereocenters. The monoisotopic (exact) mass is 212 g/mol. The minimum Gasteiger partial charge on any atom is -0.393 e. The quantitative estimate of drug-likeness (QED) is 0.559. The fourth-order valence-electron chi connectivity index (χ4n) is 2.79. The zero-order valence-electron chi connectivity index (χ0n) is 9.79. The van der Waals surface area contributed by atoms with E-state index in [-0.39, 0.29) is 6.10 Å². The molecule has 0 spiro atoms. The molecule has 0 amide bonds. The highest BCUT2D eigenvalue weighted by Gasteiger charge is 2.36. The van der Waals surface area contributed by atoms with E-state index in [1.165, 1.54) is 6.42 Å². The van der Waals surface area contributed by atoms with Gasteiger partial charge in [-0.3, -0.25) is 0 Å². The summed E-state index contributed by atoms with van der Waals surface area (Å²) in [6.07, 6.45) is 6.46. The van der Waals surface area contributed by atoms with Crippen molar-refractivity contribution in [1.82, 2.24) is 0 Å². The van der Waals surface area contributed by atoms with Crippen LogP contribution in [0.5, 0.6) is 0 Å². The molecule has 0 heterocycles. The number of aliphatic hydroxyl groups excluding tert-OH is 1. The highest BCUT2D eigenvalue weighted by atomic mass is 28.3. The van der Waals surface area contributed by atoms with E-state index in [1.807, 2.05) is 0 Å². The molecule has 0 bridgehead atoms. The minimum absolute atomic E-state index is 0.0244. The summed E-state index contributed by atoms with van der Waals surface area (Å²) in [6, 6.07) is 0. The van der Waals surface area contributed by atoms with E-state index in [2.05, 4.69) is 32.3 Å². The highest BCUT2D eigenvalue weighted by Crippen LogP contribution is 2.42. The first-order valence-corrected chi connectivity index (χ1v) is 9.32. The maximum Gasteiger partial charge on any atom is 0.0543 e. The standard InChI is InChI=1S/C12H24OSi/c1-5-6-12(14(2,3)4)10-7-8-11(13)9-10/h5,10-13H,1,6-9H2,2-4H3/t10-,11+,12?/m1/s1. The molecule has 1 nitrogen and oxygen atoms in total. The Morgan fingerprint density at radius 2 is 2.07 bits per heavy atom. The first-order chi connectivity index (χ1) is 6.45. The fraction of sp³-hybridized carbons (Fsp3) is 0.833. The van der Waals surface area contributed by atoms with Gasteiger partial charge >= 0.3 is 0 Å². The second-order valence-corrected chi connectivity index (χ2v) is 11.2. The van der Waals surface area contributed by atoms with Crippen LogP contribution in [0.15, 0.2) is 12.7 Å². The third kappa shape index (κ3) is 2.96. The molecule has 0 aromatic carbocycles. The van der Waals surface area contributed by atoms with Gasteiger partial charge in [-0.05, 0) is 37.1 Å². The van der Waals surface area contributed by atoms with Crippen LogP contribution in [0, 0.1) is 5.92 Å². The van der Waals surface area contributed by atoms with Gasteiger partial charge in [-0.15, -0.1) is 6.58 Å². The van der Waals surface area contributed by atoms with E-state index in [1.54, 1.807) is 0 Å². The number of hydrogen-bond acceptors (Lipinski definition) is 1. The Morgan fingerprint density at radius 3 is 2.43 bits per heavy atom. The lowest BCUT2D eigenvalue weighted by Gasteiger charge is -2.33. The Kier molecular flexibility index (Phi) is 3.96. The maximum atomic E-state index is 9.57. The molecule has 0 aromatic heterocycles. The van der Waals surface area contributed by atoms with Gasteiger partial charge in [-0.2, -0.15) is 0 Å². The Morgan fingerprint density at radius 1 is 1.43 bits per heavy atom. The van der Waals surface area contributed by atoms with Gasteiger partial charge in [0.25, 0.3) is 0 Å². The van der Waals surface area contributed by atoms with Crippen molar-refractivity contribution in [2.75, 3.05) is 0 Å². The molecule has 1 aliphatic rings. The first kappa shape index (κ1) is 12.0. The summed E-state index contributed by atoms with van der Waals surface area (Å²) < 4.78 is 0. The van der Waals surface area contributed by atoms with E-state index >= 15 is 0 Å². The van der Waals surface area contributed by atoms with Gasteiger partial charge in [0, 0.05) is 8.07 Å². The molecule has 0 aliphatic heterocycles. The van der Waals surface area contributed by atoms with Gasteiger partial charge in [0.1, 0.15) is 0 Å². The number of hydrogen-bond donors (Lipinski definition) is 1. The van der Waals surface area contributed by atoms with E-state index in [0.717, 1.165) is 30.7 Å². The lowest BCUT2D eigenvalue weighted by atomic mass is 10.0. The molecule has 1 N–H and O–H groups in total. The zero-order valence-corrected chi connectivity index (χ0v) is 10.8. The van der Waals surface area contributed by atoms with Crippen molar-refractivity contribution >= 4 is 8.07 Å². The predicted molar refractivity (Wildman–Crippen MR) is 65.3 cm³/mol. The van der Waals surface area contributed by atoms with Gasteiger partial charge in [-0.25, -0.2) is 0 Å². The predicted octanol–water partition coefficient (Wildman–Crippen LogP) is 3.43. The average molecular weight is 212 g/mol. The van der Waals surface area contributed by atoms with Crippen molar-refractivity contribution in [3.05, 3.63) is 12.7 Å². The van der Waals surface area contributed by atoms with E-state index in [9.17, 15) is 5.11 Å². The average Bonchev–Trinajstić information content (AvgIpc) is 2.45. The molecule has 0 saturated heterocycles.